The van der Waals surface area contributed by atoms with E-state index in [9.17, 15) is 9.59 Å². The quantitative estimate of drug-likeness (QED) is 0.350. The predicted octanol–water partition coefficient (Wildman–Crippen LogP) is 0.587. The molecule has 0 aliphatic rings. The molecule has 0 fully saturated rings. The van der Waals surface area contributed by atoms with Crippen LogP contribution in [0.4, 0.5) is 0 Å². The van der Waals surface area contributed by atoms with Crippen molar-refractivity contribution < 1.29 is 14.3 Å². The number of Topliss-reactive ketones (excluding diaryl/α,β-unsaturated/α-hetero) is 1. The maximum absolute atomic E-state index is 10.8. The van der Waals surface area contributed by atoms with E-state index >= 15 is 0 Å². The molecule has 64 valence electrons. The maximum Gasteiger partial charge on any atom is 0.348 e. The van der Waals surface area contributed by atoms with E-state index in [4.69, 9.17) is 5.26 Å². The van der Waals surface area contributed by atoms with Gasteiger partial charge < -0.3 is 4.74 Å². The molecule has 0 saturated carbocycles. The van der Waals surface area contributed by atoms with Crippen LogP contribution in [0.15, 0.2) is 12.2 Å². The highest BCUT2D eigenvalue weighted by atomic mass is 16.5. The molecule has 0 aromatic rings. The monoisotopic (exact) mass is 167 g/mol. The summed E-state index contributed by atoms with van der Waals surface area (Å²) >= 11 is 0. The van der Waals surface area contributed by atoms with Crippen molar-refractivity contribution in [1.29, 1.82) is 5.26 Å². The molecule has 0 rings (SSSR count). The summed E-state index contributed by atoms with van der Waals surface area (Å²) < 4.78 is 4.55. The molecule has 1 unspecified atom stereocenters. The van der Waals surface area contributed by atoms with Gasteiger partial charge in [-0.3, -0.25) is 4.79 Å². The Hall–Kier alpha value is -1.63. The van der Waals surface area contributed by atoms with E-state index in [-0.39, 0.29) is 11.4 Å². The molecule has 12 heavy (non-hydrogen) atoms. The summed E-state index contributed by atoms with van der Waals surface area (Å²) in [6.07, 6.45) is -0.817. The Kier molecular flexibility index (Phi) is 3.71. The molecular weight excluding hydrogens is 158 g/mol. The lowest BCUT2D eigenvalue weighted by Crippen LogP contribution is -2.22. The van der Waals surface area contributed by atoms with E-state index in [2.05, 4.69) is 11.3 Å². The molecule has 4 nitrogen and oxygen atoms in total. The average Bonchev–Trinajstić information content (AvgIpc) is 2.02. The Bertz CT molecular complexity index is 262. The Labute approximate surface area is 70.4 Å². The number of hydrogen-bond donors (Lipinski definition) is 0. The van der Waals surface area contributed by atoms with E-state index in [1.807, 2.05) is 0 Å². The number of ether oxygens (including phenoxy) is 1. The first kappa shape index (κ1) is 10.4. The van der Waals surface area contributed by atoms with Gasteiger partial charge in [-0.2, -0.15) is 5.26 Å². The minimum atomic E-state index is -0.847. The number of hydrogen-bond acceptors (Lipinski definition) is 4. The van der Waals surface area contributed by atoms with E-state index in [1.165, 1.54) is 19.9 Å². The molecule has 0 aromatic carbocycles. The fourth-order valence-electron chi connectivity index (χ4n) is 0.360. The van der Waals surface area contributed by atoms with Gasteiger partial charge in [0.1, 0.15) is 11.6 Å². The SMILES string of the molecule is C=C(C#N)C(=O)OC(C)C(C)=O. The molecule has 1 atom stereocenters. The number of carbonyl (C=O) groups excluding carboxylic acids is 2. The summed E-state index contributed by atoms with van der Waals surface area (Å²) in [6, 6.07) is 1.53. The van der Waals surface area contributed by atoms with Crippen LogP contribution in [0, 0.1) is 11.3 Å². The van der Waals surface area contributed by atoms with Crippen LogP contribution in [-0.2, 0) is 14.3 Å². The van der Waals surface area contributed by atoms with Crippen LogP contribution in [0.5, 0.6) is 0 Å². The van der Waals surface area contributed by atoms with Gasteiger partial charge in [0.05, 0.1) is 0 Å². The third-order valence-corrected chi connectivity index (χ3v) is 1.24. The zero-order valence-electron chi connectivity index (χ0n) is 6.96. The van der Waals surface area contributed by atoms with E-state index < -0.39 is 12.1 Å². The third-order valence-electron chi connectivity index (χ3n) is 1.24. The standard InChI is InChI=1S/C8H9NO3/c1-5(4-9)8(11)12-7(3)6(2)10/h7H,1H2,2-3H3. The number of ketones is 1. The van der Waals surface area contributed by atoms with E-state index in [1.54, 1.807) is 0 Å². The minimum absolute atomic E-state index is 0.269. The molecule has 0 saturated heterocycles. The number of nitriles is 1. The van der Waals surface area contributed by atoms with Gasteiger partial charge >= 0.3 is 5.97 Å². The first-order valence-corrected chi connectivity index (χ1v) is 3.29. The summed E-state index contributed by atoms with van der Waals surface area (Å²) in [5, 5.41) is 8.22. The van der Waals surface area contributed by atoms with Crippen molar-refractivity contribution in [3.8, 4) is 6.07 Å². The second-order valence-electron chi connectivity index (χ2n) is 2.25. The van der Waals surface area contributed by atoms with Gasteiger partial charge in [0.25, 0.3) is 0 Å². The van der Waals surface area contributed by atoms with Gasteiger partial charge in [-0.15, -0.1) is 0 Å². The second-order valence-corrected chi connectivity index (χ2v) is 2.25. The molecule has 0 spiro atoms. The van der Waals surface area contributed by atoms with Crippen LogP contribution < -0.4 is 0 Å². The molecule has 0 aliphatic heterocycles. The highest BCUT2D eigenvalue weighted by Gasteiger charge is 2.15. The van der Waals surface area contributed by atoms with Crippen LogP contribution in [0.1, 0.15) is 13.8 Å². The minimum Gasteiger partial charge on any atom is -0.451 e. The van der Waals surface area contributed by atoms with Crippen molar-refractivity contribution >= 4 is 11.8 Å². The van der Waals surface area contributed by atoms with Crippen LogP contribution >= 0.6 is 0 Å². The van der Waals surface area contributed by atoms with Crippen molar-refractivity contribution in [2.75, 3.05) is 0 Å². The number of rotatable bonds is 3. The largest absolute Gasteiger partial charge is 0.451 e. The van der Waals surface area contributed by atoms with E-state index in [0.717, 1.165) is 0 Å². The molecule has 4 heteroatoms. The van der Waals surface area contributed by atoms with Gasteiger partial charge in [0.15, 0.2) is 11.9 Å². The van der Waals surface area contributed by atoms with Crippen molar-refractivity contribution in [2.45, 2.75) is 20.0 Å². The van der Waals surface area contributed by atoms with Crippen molar-refractivity contribution in [1.82, 2.24) is 0 Å². The molecule has 0 radical (unpaired) electrons. The molecule has 0 aliphatic carbocycles. The number of carbonyl (C=O) groups is 2. The highest BCUT2D eigenvalue weighted by molar-refractivity contribution is 5.94. The van der Waals surface area contributed by atoms with Crippen molar-refractivity contribution in [3.05, 3.63) is 12.2 Å². The predicted molar refractivity (Wildman–Crippen MR) is 41.0 cm³/mol. The first-order chi connectivity index (χ1) is 5.49. The molecule has 0 amide bonds. The number of nitrogens with zero attached hydrogens (tertiary/aromatic N) is 1. The molecule has 0 N–H and O–H groups in total. The summed E-state index contributed by atoms with van der Waals surface area (Å²) in [5.74, 6) is -1.12. The van der Waals surface area contributed by atoms with Crippen molar-refractivity contribution in [2.24, 2.45) is 0 Å². The Morgan fingerprint density at radius 1 is 1.58 bits per heavy atom. The average molecular weight is 167 g/mol. The number of esters is 1. The van der Waals surface area contributed by atoms with Crippen LogP contribution in [0.25, 0.3) is 0 Å². The van der Waals surface area contributed by atoms with Gasteiger partial charge in [0, 0.05) is 0 Å². The molecule has 0 bridgehead atoms. The van der Waals surface area contributed by atoms with Crippen LogP contribution in [-0.4, -0.2) is 17.9 Å². The summed E-state index contributed by atoms with van der Waals surface area (Å²) in [5.41, 5.74) is -0.303. The lowest BCUT2D eigenvalue weighted by Gasteiger charge is -2.07. The molecule has 0 heterocycles. The zero-order chi connectivity index (χ0) is 9.72. The van der Waals surface area contributed by atoms with Gasteiger partial charge in [-0.05, 0) is 13.8 Å². The Balaban J connectivity index is 4.13. The topological polar surface area (TPSA) is 67.2 Å². The summed E-state index contributed by atoms with van der Waals surface area (Å²) in [7, 11) is 0. The fraction of sp³-hybridized carbons (Fsp3) is 0.375. The Morgan fingerprint density at radius 3 is 2.42 bits per heavy atom. The zero-order valence-corrected chi connectivity index (χ0v) is 6.96. The van der Waals surface area contributed by atoms with Crippen LogP contribution in [0.2, 0.25) is 0 Å². The van der Waals surface area contributed by atoms with Crippen LogP contribution in [0.3, 0.4) is 0 Å². The highest BCUT2D eigenvalue weighted by Crippen LogP contribution is 1.98. The van der Waals surface area contributed by atoms with Gasteiger partial charge in [-0.1, -0.05) is 6.58 Å². The van der Waals surface area contributed by atoms with Gasteiger partial charge in [0.2, 0.25) is 0 Å². The lowest BCUT2D eigenvalue weighted by atomic mass is 10.3. The fourth-order valence-corrected chi connectivity index (χ4v) is 0.360. The molecular formula is C8H9NO3. The summed E-state index contributed by atoms with van der Waals surface area (Å²) in [6.45, 7) is 5.87. The summed E-state index contributed by atoms with van der Waals surface area (Å²) in [4.78, 5) is 21.4. The van der Waals surface area contributed by atoms with Crippen molar-refractivity contribution in [3.63, 3.8) is 0 Å². The third kappa shape index (κ3) is 2.97. The first-order valence-electron chi connectivity index (χ1n) is 3.29. The lowest BCUT2D eigenvalue weighted by molar-refractivity contribution is -0.149. The van der Waals surface area contributed by atoms with Gasteiger partial charge in [-0.25, -0.2) is 4.79 Å². The second kappa shape index (κ2) is 4.29. The molecule has 0 aromatic heterocycles. The maximum atomic E-state index is 10.8. The van der Waals surface area contributed by atoms with E-state index in [0.29, 0.717) is 0 Å². The normalized spacial score (nSPS) is 11.1. The smallest absolute Gasteiger partial charge is 0.348 e. The Morgan fingerprint density at radius 2 is 2.08 bits per heavy atom.